The molecule has 0 heterocycles. The second-order valence-electron chi connectivity index (χ2n) is 3.06. The summed E-state index contributed by atoms with van der Waals surface area (Å²) in [6, 6.07) is -3.80. The van der Waals surface area contributed by atoms with Gasteiger partial charge in [0.15, 0.2) is 0 Å². The van der Waals surface area contributed by atoms with E-state index < -0.39 is 48.8 Å². The van der Waals surface area contributed by atoms with Crippen molar-refractivity contribution in [3.8, 4) is 0 Å². The van der Waals surface area contributed by atoms with Crippen LogP contribution in [-0.2, 0) is 19.2 Å². The van der Waals surface area contributed by atoms with Gasteiger partial charge < -0.3 is 51.1 Å². The molecule has 0 saturated heterocycles. The first-order chi connectivity index (χ1) is 7.73. The van der Waals surface area contributed by atoms with E-state index in [-0.39, 0.29) is 124 Å². The summed E-state index contributed by atoms with van der Waals surface area (Å²) in [7, 11) is 0. The van der Waals surface area contributed by atoms with Crippen molar-refractivity contribution in [2.24, 2.45) is 0 Å². The van der Waals surface area contributed by atoms with Crippen LogP contribution in [0.25, 0.3) is 0 Å². The Morgan fingerprint density at radius 1 is 0.682 bits per heavy atom. The molecule has 0 rings (SSSR count). The Labute approximate surface area is 214 Å². The van der Waals surface area contributed by atoms with E-state index in [2.05, 4.69) is 0 Å². The first kappa shape index (κ1) is 39.0. The molecule has 14 heteroatoms. The molecule has 0 spiro atoms. The monoisotopic (exact) mass is 354 g/mol. The third kappa shape index (κ3) is 19.8. The average Bonchev–Trinajstić information content (AvgIpc) is 2.13. The maximum absolute atomic E-state index is 10.4. The van der Waals surface area contributed by atoms with Crippen LogP contribution < -0.4 is 150 Å². The molecule has 2 unspecified atom stereocenters. The molecule has 22 heavy (non-hydrogen) atoms. The van der Waals surface area contributed by atoms with Crippen molar-refractivity contribution in [2.45, 2.75) is 24.9 Å². The fourth-order valence-corrected chi connectivity index (χ4v) is 0.997. The van der Waals surface area contributed by atoms with Crippen LogP contribution >= 0.6 is 0 Å². The van der Waals surface area contributed by atoms with Crippen molar-refractivity contribution < 1.29 is 158 Å². The van der Waals surface area contributed by atoms with E-state index in [1.165, 1.54) is 0 Å². The van der Waals surface area contributed by atoms with E-state index in [0.717, 1.165) is 0 Å². The molecule has 0 amide bonds. The predicted octanol–water partition coefficient (Wildman–Crippen LogP) is -18.7. The molecular formula is C8H10N2Na4O8. The van der Waals surface area contributed by atoms with E-state index >= 15 is 0 Å². The molecule has 0 aromatic carbocycles. The number of carbonyl (C=O) groups is 4. The Bertz CT molecular complexity index is 325. The fourth-order valence-electron chi connectivity index (χ4n) is 0.997. The van der Waals surface area contributed by atoms with Gasteiger partial charge >= 0.3 is 118 Å². The summed E-state index contributed by atoms with van der Waals surface area (Å²) < 4.78 is 0. The first-order valence-corrected chi connectivity index (χ1v) is 4.31. The predicted molar refractivity (Wildman–Crippen MR) is 45.0 cm³/mol. The summed E-state index contributed by atoms with van der Waals surface area (Å²) in [5.41, 5.74) is 0. The van der Waals surface area contributed by atoms with E-state index in [1.54, 1.807) is 5.32 Å². The Balaban J connectivity index is -0.000000128. The van der Waals surface area contributed by atoms with Crippen LogP contribution in [0.3, 0.4) is 0 Å². The molecule has 0 aliphatic carbocycles. The number of carbonyl (C=O) groups excluding carboxylic acids is 4. The zero-order chi connectivity index (χ0) is 13.6. The van der Waals surface area contributed by atoms with Crippen LogP contribution in [0.5, 0.6) is 0 Å². The largest absolute Gasteiger partial charge is 1.00 e. The SMILES string of the molecule is N.O=C([O-])CC(NC(CC(=O)[O-])C(=O)[O-])C(=O)[O-].[Na+].[Na+].[Na+].[Na+]. The first-order valence-electron chi connectivity index (χ1n) is 4.31. The van der Waals surface area contributed by atoms with Gasteiger partial charge in [0.1, 0.15) is 0 Å². The summed E-state index contributed by atoms with van der Waals surface area (Å²) in [5, 5.41) is 42.9. The zero-order valence-corrected chi connectivity index (χ0v) is 21.0. The van der Waals surface area contributed by atoms with Gasteiger partial charge in [-0.25, -0.2) is 0 Å². The number of aliphatic carboxylic acids is 4. The van der Waals surface area contributed by atoms with Crippen molar-refractivity contribution in [1.29, 1.82) is 0 Å². The van der Waals surface area contributed by atoms with E-state index in [4.69, 9.17) is 0 Å². The van der Waals surface area contributed by atoms with E-state index in [0.29, 0.717) is 0 Å². The van der Waals surface area contributed by atoms with Crippen molar-refractivity contribution in [2.75, 3.05) is 0 Å². The molecule has 0 aliphatic heterocycles. The second kappa shape index (κ2) is 20.8. The molecule has 2 atom stereocenters. The van der Waals surface area contributed by atoms with Gasteiger partial charge in [-0.05, 0) is 0 Å². The van der Waals surface area contributed by atoms with Gasteiger partial charge in [0.05, 0.1) is 24.0 Å². The molecule has 4 N–H and O–H groups in total. The molecule has 10 nitrogen and oxygen atoms in total. The number of rotatable bonds is 8. The number of hydrogen-bond donors (Lipinski definition) is 2. The van der Waals surface area contributed by atoms with Crippen LogP contribution in [0.4, 0.5) is 0 Å². The molecule has 0 aromatic heterocycles. The summed E-state index contributed by atoms with van der Waals surface area (Å²) in [4.78, 5) is 41.2. The topological polar surface area (TPSA) is 208 Å². The molecule has 0 radical (unpaired) electrons. The fraction of sp³-hybridized carbons (Fsp3) is 0.500. The normalized spacial score (nSPS) is 10.5. The van der Waals surface area contributed by atoms with Gasteiger partial charge in [-0.3, -0.25) is 0 Å². The van der Waals surface area contributed by atoms with Crippen LogP contribution in [0.1, 0.15) is 12.8 Å². The molecule has 0 fully saturated rings. The molecule has 104 valence electrons. The summed E-state index contributed by atoms with van der Waals surface area (Å²) in [5.74, 6) is -7.34. The third-order valence-corrected chi connectivity index (χ3v) is 1.71. The smallest absolute Gasteiger partial charge is 0.550 e. The molecule has 0 bridgehead atoms. The summed E-state index contributed by atoms with van der Waals surface area (Å²) in [6.45, 7) is 0. The maximum atomic E-state index is 10.4. The zero-order valence-electron chi connectivity index (χ0n) is 13.0. The molecule has 0 aliphatic rings. The van der Waals surface area contributed by atoms with Gasteiger partial charge in [-0.15, -0.1) is 0 Å². The Hall–Kier alpha value is 1.80. The van der Waals surface area contributed by atoms with Crippen LogP contribution in [0, 0.1) is 0 Å². The molecule has 0 aromatic rings. The number of carboxylic acids is 4. The summed E-state index contributed by atoms with van der Waals surface area (Å²) >= 11 is 0. The minimum atomic E-state index is -1.90. The second-order valence-corrected chi connectivity index (χ2v) is 3.06. The Morgan fingerprint density at radius 2 is 0.909 bits per heavy atom. The van der Waals surface area contributed by atoms with Gasteiger partial charge in [0.25, 0.3) is 0 Å². The quantitative estimate of drug-likeness (QED) is 0.393. The average molecular weight is 354 g/mol. The molecule has 0 saturated carbocycles. The number of carboxylic acid groups (broad SMARTS) is 4. The summed E-state index contributed by atoms with van der Waals surface area (Å²) in [6.07, 6.45) is -2.14. The van der Waals surface area contributed by atoms with Crippen molar-refractivity contribution >= 4 is 23.9 Å². The minimum Gasteiger partial charge on any atom is -0.550 e. The Kier molecular flexibility index (Phi) is 37.0. The third-order valence-electron chi connectivity index (χ3n) is 1.71. The van der Waals surface area contributed by atoms with Gasteiger partial charge in [-0.2, -0.15) is 0 Å². The van der Waals surface area contributed by atoms with Gasteiger partial charge in [0.2, 0.25) is 0 Å². The number of hydrogen-bond acceptors (Lipinski definition) is 10. The van der Waals surface area contributed by atoms with Crippen molar-refractivity contribution in [1.82, 2.24) is 11.5 Å². The van der Waals surface area contributed by atoms with Gasteiger partial charge in [-0.1, -0.05) is 0 Å². The number of nitrogens with one attached hydrogen (secondary N) is 1. The van der Waals surface area contributed by atoms with Gasteiger partial charge in [0, 0.05) is 24.8 Å². The van der Waals surface area contributed by atoms with Crippen LogP contribution in [-0.4, -0.2) is 36.0 Å². The van der Waals surface area contributed by atoms with E-state index in [1.807, 2.05) is 0 Å². The molecular weight excluding hydrogens is 344 g/mol. The van der Waals surface area contributed by atoms with E-state index in [9.17, 15) is 39.6 Å². The van der Waals surface area contributed by atoms with Crippen molar-refractivity contribution in [3.63, 3.8) is 0 Å². The van der Waals surface area contributed by atoms with Crippen molar-refractivity contribution in [3.05, 3.63) is 0 Å². The standard InChI is InChI=1S/C8H11NO8.H3N.4Na/c10-5(11)1-3(7(14)15)9-4(8(16)17)2-6(12)13;;;;;/h3-4,9H,1-2H2,(H,10,11)(H,12,13)(H,14,15)(H,16,17);1H3;;;;/q;;4*+1/p-4. The maximum Gasteiger partial charge on any atom is 1.00 e. The Morgan fingerprint density at radius 3 is 1.05 bits per heavy atom. The van der Waals surface area contributed by atoms with Crippen LogP contribution in [0.2, 0.25) is 0 Å². The minimum absolute atomic E-state index is 0. The van der Waals surface area contributed by atoms with Crippen LogP contribution in [0.15, 0.2) is 0 Å².